The minimum atomic E-state index is -2.85. The highest BCUT2D eigenvalue weighted by molar-refractivity contribution is 6.07. The molecule has 4 heteroatoms. The molecule has 1 aliphatic rings. The third kappa shape index (κ3) is 3.65. The van der Waals surface area contributed by atoms with Crippen LogP contribution in [0.1, 0.15) is 27.0 Å². The topological polar surface area (TPSA) is 26.3 Å². The van der Waals surface area contributed by atoms with Gasteiger partial charge in [-0.3, -0.25) is 4.79 Å². The number of carbonyl (C=O) groups is 1. The van der Waals surface area contributed by atoms with E-state index in [2.05, 4.69) is 16.9 Å². The van der Waals surface area contributed by atoms with Crippen LogP contribution in [0.2, 0.25) is 0 Å². The third-order valence-electron chi connectivity index (χ3n) is 4.62. The molecule has 0 heterocycles. The number of fused-ring (bicyclic) bond motifs is 3. The van der Waals surface area contributed by atoms with E-state index in [0.29, 0.717) is 5.56 Å². The number of carbonyl (C=O) groups excluding carboxylic acids is 1. The second kappa shape index (κ2) is 7.16. The smallest absolute Gasteiger partial charge is 0.387 e. The molecule has 0 spiro atoms. The second-order valence-electron chi connectivity index (χ2n) is 6.35. The van der Waals surface area contributed by atoms with Crippen LogP contribution in [0.4, 0.5) is 8.78 Å². The van der Waals surface area contributed by atoms with Gasteiger partial charge in [0.15, 0.2) is 5.78 Å². The lowest BCUT2D eigenvalue weighted by Crippen LogP contribution is -2.01. The molecule has 0 aliphatic heterocycles. The van der Waals surface area contributed by atoms with Crippen molar-refractivity contribution in [2.24, 2.45) is 0 Å². The van der Waals surface area contributed by atoms with Crippen LogP contribution in [0, 0.1) is 0 Å². The third-order valence-corrected chi connectivity index (χ3v) is 4.62. The van der Waals surface area contributed by atoms with E-state index >= 15 is 0 Å². The van der Waals surface area contributed by atoms with Gasteiger partial charge in [-0.05, 0) is 58.5 Å². The van der Waals surface area contributed by atoms with Crippen molar-refractivity contribution in [1.29, 1.82) is 0 Å². The molecule has 0 radical (unpaired) electrons. The molecule has 3 aromatic carbocycles. The van der Waals surface area contributed by atoms with Crippen LogP contribution in [0.5, 0.6) is 5.75 Å². The van der Waals surface area contributed by atoms with Crippen molar-refractivity contribution in [2.75, 3.05) is 0 Å². The average molecular weight is 362 g/mol. The highest BCUT2D eigenvalue weighted by atomic mass is 19.3. The molecule has 0 fully saturated rings. The van der Waals surface area contributed by atoms with Crippen LogP contribution in [0.3, 0.4) is 0 Å². The predicted molar refractivity (Wildman–Crippen MR) is 101 cm³/mol. The normalized spacial score (nSPS) is 12.3. The van der Waals surface area contributed by atoms with Crippen LogP contribution in [-0.4, -0.2) is 12.4 Å². The fourth-order valence-electron chi connectivity index (χ4n) is 3.31. The highest BCUT2D eigenvalue weighted by Crippen LogP contribution is 2.36. The molecule has 0 amide bonds. The molecule has 0 N–H and O–H groups in total. The van der Waals surface area contributed by atoms with Crippen LogP contribution < -0.4 is 4.74 Å². The van der Waals surface area contributed by atoms with Crippen molar-refractivity contribution in [2.45, 2.75) is 13.0 Å². The van der Waals surface area contributed by atoms with Gasteiger partial charge < -0.3 is 4.74 Å². The number of hydrogen-bond acceptors (Lipinski definition) is 2. The molecule has 0 unspecified atom stereocenters. The maximum absolute atomic E-state index is 12.5. The summed E-state index contributed by atoms with van der Waals surface area (Å²) in [6, 6.07) is 20.1. The number of allylic oxidation sites excluding steroid dienone is 1. The molecule has 134 valence electrons. The zero-order valence-corrected chi connectivity index (χ0v) is 14.4. The first-order chi connectivity index (χ1) is 13.1. The fraction of sp³-hybridized carbons (Fsp3) is 0.0870. The highest BCUT2D eigenvalue weighted by Gasteiger charge is 2.18. The van der Waals surface area contributed by atoms with Crippen LogP contribution in [0.25, 0.3) is 17.2 Å². The van der Waals surface area contributed by atoms with Gasteiger partial charge in [-0.25, -0.2) is 0 Å². The summed E-state index contributed by atoms with van der Waals surface area (Å²) in [6.45, 7) is -2.85. The van der Waals surface area contributed by atoms with Gasteiger partial charge in [-0.1, -0.05) is 54.6 Å². The molecule has 0 bridgehead atoms. The zero-order valence-electron chi connectivity index (χ0n) is 14.4. The Morgan fingerprint density at radius 1 is 0.926 bits per heavy atom. The Kier molecular flexibility index (Phi) is 4.55. The number of rotatable bonds is 5. The molecule has 2 nitrogen and oxygen atoms in total. The van der Waals surface area contributed by atoms with Gasteiger partial charge in [-0.2, -0.15) is 8.78 Å². The van der Waals surface area contributed by atoms with E-state index in [1.807, 2.05) is 30.3 Å². The van der Waals surface area contributed by atoms with Gasteiger partial charge in [0.25, 0.3) is 0 Å². The van der Waals surface area contributed by atoms with E-state index < -0.39 is 6.61 Å². The Morgan fingerprint density at radius 2 is 1.67 bits per heavy atom. The van der Waals surface area contributed by atoms with Crippen molar-refractivity contribution in [3.05, 3.63) is 95.1 Å². The molecular formula is C23H16F2O2. The Bertz CT molecular complexity index is 1020. The number of benzene rings is 3. The minimum Gasteiger partial charge on any atom is -0.435 e. The summed E-state index contributed by atoms with van der Waals surface area (Å²) >= 11 is 0. The van der Waals surface area contributed by atoms with Gasteiger partial charge >= 0.3 is 6.61 Å². The summed E-state index contributed by atoms with van der Waals surface area (Å²) in [5.41, 5.74) is 6.15. The van der Waals surface area contributed by atoms with Gasteiger partial charge in [0.2, 0.25) is 0 Å². The Labute approximate surface area is 155 Å². The molecule has 3 aromatic rings. The lowest BCUT2D eigenvalue weighted by atomic mass is 10.0. The monoisotopic (exact) mass is 362 g/mol. The molecule has 27 heavy (non-hydrogen) atoms. The molecule has 0 atom stereocenters. The Morgan fingerprint density at radius 3 is 2.44 bits per heavy atom. The fourth-order valence-corrected chi connectivity index (χ4v) is 3.31. The largest absolute Gasteiger partial charge is 0.435 e. The van der Waals surface area contributed by atoms with Crippen LogP contribution in [0.15, 0.2) is 72.8 Å². The zero-order chi connectivity index (χ0) is 18.8. The van der Waals surface area contributed by atoms with Crippen molar-refractivity contribution < 1.29 is 18.3 Å². The summed E-state index contributed by atoms with van der Waals surface area (Å²) in [5, 5.41) is 0. The second-order valence-corrected chi connectivity index (χ2v) is 6.35. The quantitative estimate of drug-likeness (QED) is 0.333. The number of ketones is 1. The molecule has 4 rings (SSSR count). The van der Waals surface area contributed by atoms with Crippen LogP contribution in [-0.2, 0) is 6.42 Å². The van der Waals surface area contributed by atoms with Crippen LogP contribution >= 0.6 is 0 Å². The van der Waals surface area contributed by atoms with Gasteiger partial charge in [0.1, 0.15) is 5.75 Å². The molecule has 0 aromatic heterocycles. The number of ether oxygens (including phenoxy) is 1. The SMILES string of the molecule is O=C(C=Cc1ccc(OC(F)F)cc1)c1ccc2c(c1)-c1ccccc1C2. The van der Waals surface area contributed by atoms with E-state index in [4.69, 9.17) is 0 Å². The number of hydrogen-bond donors (Lipinski definition) is 0. The first-order valence-corrected chi connectivity index (χ1v) is 8.58. The number of alkyl halides is 2. The van der Waals surface area contributed by atoms with Gasteiger partial charge in [0.05, 0.1) is 0 Å². The average Bonchev–Trinajstić information content (AvgIpc) is 3.04. The molecular weight excluding hydrogens is 346 g/mol. The van der Waals surface area contributed by atoms with E-state index in [-0.39, 0.29) is 11.5 Å². The van der Waals surface area contributed by atoms with Crippen molar-refractivity contribution in [1.82, 2.24) is 0 Å². The summed E-state index contributed by atoms with van der Waals surface area (Å²) in [5.74, 6) is -0.0131. The molecule has 1 aliphatic carbocycles. The van der Waals surface area contributed by atoms with Crippen molar-refractivity contribution in [3.8, 4) is 16.9 Å². The molecule has 0 saturated carbocycles. The lowest BCUT2D eigenvalue weighted by molar-refractivity contribution is -0.0498. The van der Waals surface area contributed by atoms with E-state index in [1.54, 1.807) is 18.2 Å². The minimum absolute atomic E-state index is 0.0887. The van der Waals surface area contributed by atoms with Gasteiger partial charge in [0, 0.05) is 5.56 Å². The first kappa shape index (κ1) is 17.2. The Hall–Kier alpha value is -3.27. The van der Waals surface area contributed by atoms with Crippen molar-refractivity contribution in [3.63, 3.8) is 0 Å². The van der Waals surface area contributed by atoms with E-state index in [1.165, 1.54) is 34.9 Å². The lowest BCUT2D eigenvalue weighted by Gasteiger charge is -2.04. The summed E-state index contributed by atoms with van der Waals surface area (Å²) in [6.07, 6.45) is 4.05. The summed E-state index contributed by atoms with van der Waals surface area (Å²) < 4.78 is 28.6. The van der Waals surface area contributed by atoms with E-state index in [9.17, 15) is 13.6 Å². The summed E-state index contributed by atoms with van der Waals surface area (Å²) in [7, 11) is 0. The van der Waals surface area contributed by atoms with Gasteiger partial charge in [-0.15, -0.1) is 0 Å². The first-order valence-electron chi connectivity index (χ1n) is 8.58. The van der Waals surface area contributed by atoms with Crippen molar-refractivity contribution >= 4 is 11.9 Å². The van der Waals surface area contributed by atoms with E-state index in [0.717, 1.165) is 17.5 Å². The predicted octanol–water partition coefficient (Wildman–Crippen LogP) is 5.76. The Balaban J connectivity index is 1.52. The standard InChI is InChI=1S/C23H16F2O2/c24-23(25)27-19-10-5-15(6-11-19)7-12-22(26)18-9-8-17-13-16-3-1-2-4-20(16)21(17)14-18/h1-12,14,23H,13H2. The maximum Gasteiger partial charge on any atom is 0.387 e. The maximum atomic E-state index is 12.5. The number of halogens is 2. The molecule has 0 saturated heterocycles. The summed E-state index contributed by atoms with van der Waals surface area (Å²) in [4.78, 5) is 12.5.